The summed E-state index contributed by atoms with van der Waals surface area (Å²) in [4.78, 5) is 20.2. The second-order valence-corrected chi connectivity index (χ2v) is 4.76. The van der Waals surface area contributed by atoms with E-state index < -0.39 is 5.97 Å². The quantitative estimate of drug-likeness (QED) is 0.901. The van der Waals surface area contributed by atoms with Crippen molar-refractivity contribution < 1.29 is 9.90 Å². The molecule has 0 unspecified atom stereocenters. The Bertz CT molecular complexity index is 641. The molecule has 5 nitrogen and oxygen atoms in total. The van der Waals surface area contributed by atoms with Gasteiger partial charge in [0, 0.05) is 18.7 Å². The molecule has 0 bridgehead atoms. The van der Waals surface area contributed by atoms with Gasteiger partial charge in [-0.1, -0.05) is 6.92 Å². The molecule has 0 radical (unpaired) electrons. The predicted octanol–water partition coefficient (Wildman–Crippen LogP) is 2.34. The van der Waals surface area contributed by atoms with Gasteiger partial charge >= 0.3 is 5.97 Å². The molecule has 0 aromatic carbocycles. The molecule has 18 heavy (non-hydrogen) atoms. The second-order valence-electron chi connectivity index (χ2n) is 4.76. The number of hydrogen-bond acceptors (Lipinski definition) is 3. The molecule has 0 aliphatic heterocycles. The van der Waals surface area contributed by atoms with Crippen LogP contribution in [0, 0.1) is 6.92 Å². The summed E-state index contributed by atoms with van der Waals surface area (Å²) in [6.07, 6.45) is 4.68. The monoisotopic (exact) mass is 245 g/mol. The molecular formula is C13H15N3O2. The average molecular weight is 245 g/mol. The van der Waals surface area contributed by atoms with Gasteiger partial charge < -0.3 is 9.67 Å². The van der Waals surface area contributed by atoms with Gasteiger partial charge in [-0.2, -0.15) is 0 Å². The molecule has 1 saturated carbocycles. The smallest absolute Gasteiger partial charge is 0.338 e. The van der Waals surface area contributed by atoms with Crippen molar-refractivity contribution in [2.75, 3.05) is 0 Å². The third-order valence-electron chi connectivity index (χ3n) is 3.39. The van der Waals surface area contributed by atoms with Crippen LogP contribution in [0.25, 0.3) is 11.0 Å². The number of aromatic nitrogens is 3. The van der Waals surface area contributed by atoms with Crippen LogP contribution < -0.4 is 0 Å². The van der Waals surface area contributed by atoms with E-state index in [9.17, 15) is 9.90 Å². The standard InChI is InChI=1S/C13H15N3O2/c1-3-10-14-7(2)11-9(13(17)18)6-16(8-4-5-8)12(11)15-10/h6,8H,3-5H2,1-2H3,(H,17,18). The number of carbonyl (C=O) groups is 1. The van der Waals surface area contributed by atoms with E-state index in [1.165, 1.54) is 0 Å². The molecule has 0 spiro atoms. The van der Waals surface area contributed by atoms with E-state index in [4.69, 9.17) is 0 Å². The highest BCUT2D eigenvalue weighted by Crippen LogP contribution is 2.38. The van der Waals surface area contributed by atoms with Crippen molar-refractivity contribution in [2.45, 2.75) is 39.2 Å². The fourth-order valence-corrected chi connectivity index (χ4v) is 2.33. The lowest BCUT2D eigenvalue weighted by atomic mass is 10.2. The Morgan fingerprint density at radius 1 is 1.50 bits per heavy atom. The van der Waals surface area contributed by atoms with Crippen molar-refractivity contribution in [3.8, 4) is 0 Å². The van der Waals surface area contributed by atoms with Gasteiger partial charge in [0.1, 0.15) is 11.5 Å². The highest BCUT2D eigenvalue weighted by Gasteiger charge is 2.29. The highest BCUT2D eigenvalue weighted by atomic mass is 16.4. The number of hydrogen-bond donors (Lipinski definition) is 1. The van der Waals surface area contributed by atoms with E-state index in [0.29, 0.717) is 17.0 Å². The summed E-state index contributed by atoms with van der Waals surface area (Å²) in [7, 11) is 0. The number of carboxylic acid groups (broad SMARTS) is 1. The largest absolute Gasteiger partial charge is 0.478 e. The third kappa shape index (κ3) is 1.58. The topological polar surface area (TPSA) is 68.0 Å². The molecule has 2 aromatic heterocycles. The summed E-state index contributed by atoms with van der Waals surface area (Å²) in [5.41, 5.74) is 1.85. The summed E-state index contributed by atoms with van der Waals surface area (Å²) in [6, 6.07) is 0.416. The van der Waals surface area contributed by atoms with Crippen LogP contribution in [0.3, 0.4) is 0 Å². The summed E-state index contributed by atoms with van der Waals surface area (Å²) in [6.45, 7) is 3.86. The van der Waals surface area contributed by atoms with E-state index in [1.54, 1.807) is 6.20 Å². The molecule has 1 aliphatic rings. The Balaban J connectivity index is 2.34. The Hall–Kier alpha value is -1.91. The van der Waals surface area contributed by atoms with E-state index in [1.807, 2.05) is 18.4 Å². The number of carboxylic acids is 1. The van der Waals surface area contributed by atoms with Gasteiger partial charge in [-0.3, -0.25) is 0 Å². The molecule has 2 heterocycles. The number of fused-ring (bicyclic) bond motifs is 1. The summed E-state index contributed by atoms with van der Waals surface area (Å²) < 4.78 is 2.01. The van der Waals surface area contributed by atoms with Crippen molar-refractivity contribution in [3.63, 3.8) is 0 Å². The minimum atomic E-state index is -0.907. The van der Waals surface area contributed by atoms with Crippen molar-refractivity contribution >= 4 is 17.0 Å². The fourth-order valence-electron chi connectivity index (χ4n) is 2.33. The first-order valence-corrected chi connectivity index (χ1v) is 6.23. The lowest BCUT2D eigenvalue weighted by Gasteiger charge is -2.04. The van der Waals surface area contributed by atoms with Gasteiger partial charge in [0.15, 0.2) is 0 Å². The second kappa shape index (κ2) is 3.80. The summed E-state index contributed by atoms with van der Waals surface area (Å²) in [5, 5.41) is 9.97. The van der Waals surface area contributed by atoms with E-state index >= 15 is 0 Å². The molecule has 1 aliphatic carbocycles. The molecule has 0 atom stereocenters. The Morgan fingerprint density at radius 2 is 2.22 bits per heavy atom. The maximum Gasteiger partial charge on any atom is 0.338 e. The molecule has 0 saturated heterocycles. The lowest BCUT2D eigenvalue weighted by Crippen LogP contribution is -2.01. The normalized spacial score (nSPS) is 15.2. The molecule has 2 aromatic rings. The van der Waals surface area contributed by atoms with Crippen LogP contribution in [0.5, 0.6) is 0 Å². The maximum absolute atomic E-state index is 11.3. The van der Waals surface area contributed by atoms with E-state index in [2.05, 4.69) is 9.97 Å². The van der Waals surface area contributed by atoms with Crippen LogP contribution in [0.15, 0.2) is 6.20 Å². The Labute approximate surface area is 104 Å². The summed E-state index contributed by atoms with van der Waals surface area (Å²) >= 11 is 0. The number of aromatic carboxylic acids is 1. The van der Waals surface area contributed by atoms with Crippen molar-refractivity contribution in [3.05, 3.63) is 23.3 Å². The van der Waals surface area contributed by atoms with Crippen LogP contribution in [-0.4, -0.2) is 25.6 Å². The first-order chi connectivity index (χ1) is 8.61. The van der Waals surface area contributed by atoms with Crippen molar-refractivity contribution in [1.82, 2.24) is 14.5 Å². The first-order valence-electron chi connectivity index (χ1n) is 6.23. The van der Waals surface area contributed by atoms with Gasteiger partial charge in [0.2, 0.25) is 0 Å². The Morgan fingerprint density at radius 3 is 2.78 bits per heavy atom. The molecule has 5 heteroatoms. The van der Waals surface area contributed by atoms with Crippen LogP contribution in [0.4, 0.5) is 0 Å². The van der Waals surface area contributed by atoms with Crippen molar-refractivity contribution in [1.29, 1.82) is 0 Å². The number of nitrogens with zero attached hydrogens (tertiary/aromatic N) is 3. The minimum Gasteiger partial charge on any atom is -0.478 e. The number of rotatable bonds is 3. The van der Waals surface area contributed by atoms with Crippen LogP contribution in [0.1, 0.15) is 47.7 Å². The van der Waals surface area contributed by atoms with Gasteiger partial charge in [0.05, 0.1) is 16.6 Å². The lowest BCUT2D eigenvalue weighted by molar-refractivity contribution is 0.0698. The minimum absolute atomic E-state index is 0.317. The van der Waals surface area contributed by atoms with Gasteiger partial charge in [-0.05, 0) is 19.8 Å². The fraction of sp³-hybridized carbons (Fsp3) is 0.462. The predicted molar refractivity (Wildman–Crippen MR) is 66.9 cm³/mol. The van der Waals surface area contributed by atoms with Gasteiger partial charge in [-0.25, -0.2) is 14.8 Å². The molecule has 94 valence electrons. The molecule has 0 amide bonds. The zero-order valence-corrected chi connectivity index (χ0v) is 10.5. The first kappa shape index (κ1) is 11.2. The highest BCUT2D eigenvalue weighted by molar-refractivity contribution is 6.03. The molecule has 1 fully saturated rings. The van der Waals surface area contributed by atoms with Crippen LogP contribution >= 0.6 is 0 Å². The Kier molecular flexibility index (Phi) is 2.36. The number of aryl methyl sites for hydroxylation is 2. The molecule has 1 N–H and O–H groups in total. The zero-order valence-electron chi connectivity index (χ0n) is 10.5. The molecular weight excluding hydrogens is 230 g/mol. The summed E-state index contributed by atoms with van der Waals surface area (Å²) in [5.74, 6) is -0.132. The molecule has 3 rings (SSSR count). The van der Waals surface area contributed by atoms with Crippen LogP contribution in [0.2, 0.25) is 0 Å². The van der Waals surface area contributed by atoms with Crippen LogP contribution in [-0.2, 0) is 6.42 Å². The van der Waals surface area contributed by atoms with E-state index in [0.717, 1.165) is 36.4 Å². The third-order valence-corrected chi connectivity index (χ3v) is 3.39. The zero-order chi connectivity index (χ0) is 12.9. The average Bonchev–Trinajstić information content (AvgIpc) is 3.09. The van der Waals surface area contributed by atoms with Gasteiger partial charge in [-0.15, -0.1) is 0 Å². The SMILES string of the molecule is CCc1nc(C)c2c(C(=O)O)cn(C3CC3)c2n1. The van der Waals surface area contributed by atoms with Gasteiger partial charge in [0.25, 0.3) is 0 Å². The van der Waals surface area contributed by atoms with Crippen molar-refractivity contribution in [2.24, 2.45) is 0 Å². The van der Waals surface area contributed by atoms with E-state index in [-0.39, 0.29) is 0 Å². The maximum atomic E-state index is 11.3.